The van der Waals surface area contributed by atoms with Crippen LogP contribution in [0.4, 0.5) is 10.1 Å². The normalized spacial score (nSPS) is 10.6. The highest BCUT2D eigenvalue weighted by Crippen LogP contribution is 2.11. The Balaban J connectivity index is 1.68. The molecule has 3 rings (SSSR count). The number of nitrogens with zero attached hydrogens (tertiary/aromatic N) is 4. The molecule has 2 heterocycles. The molecule has 0 radical (unpaired) electrons. The molecule has 0 aliphatic carbocycles. The van der Waals surface area contributed by atoms with Gasteiger partial charge in [-0.2, -0.15) is 10.2 Å². The molecule has 0 saturated carbocycles. The van der Waals surface area contributed by atoms with Gasteiger partial charge in [0.05, 0.1) is 18.4 Å². The van der Waals surface area contributed by atoms with Gasteiger partial charge in [-0.1, -0.05) is 12.1 Å². The number of halogens is 1. The fourth-order valence-corrected chi connectivity index (χ4v) is 2.31. The number of aliphatic carboxylic acids is 1. The van der Waals surface area contributed by atoms with E-state index in [2.05, 4.69) is 15.5 Å². The summed E-state index contributed by atoms with van der Waals surface area (Å²) in [5.41, 5.74) is 1.30. The summed E-state index contributed by atoms with van der Waals surface area (Å²) < 4.78 is 15.8. The van der Waals surface area contributed by atoms with Crippen molar-refractivity contribution in [3.05, 3.63) is 66.0 Å². The molecule has 9 heteroatoms. The van der Waals surface area contributed by atoms with Crippen molar-refractivity contribution in [2.75, 3.05) is 5.32 Å². The van der Waals surface area contributed by atoms with Crippen LogP contribution in [0.15, 0.2) is 48.9 Å². The van der Waals surface area contributed by atoms with Crippen molar-refractivity contribution in [1.29, 1.82) is 0 Å². The van der Waals surface area contributed by atoms with Crippen molar-refractivity contribution in [2.24, 2.45) is 0 Å². The molecule has 0 fully saturated rings. The van der Waals surface area contributed by atoms with E-state index < -0.39 is 18.4 Å². The van der Waals surface area contributed by atoms with Crippen molar-refractivity contribution in [2.45, 2.75) is 13.1 Å². The molecule has 0 aliphatic heterocycles. The fraction of sp³-hybridized carbons (Fsp3) is 0.125. The van der Waals surface area contributed by atoms with Crippen LogP contribution in [0.1, 0.15) is 16.1 Å². The predicted octanol–water partition coefficient (Wildman–Crippen LogP) is 1.60. The van der Waals surface area contributed by atoms with Crippen LogP contribution in [-0.4, -0.2) is 36.5 Å². The lowest BCUT2D eigenvalue weighted by Crippen LogP contribution is -2.20. The summed E-state index contributed by atoms with van der Waals surface area (Å²) in [6.07, 6.45) is 4.40. The first kappa shape index (κ1) is 16.4. The van der Waals surface area contributed by atoms with Crippen molar-refractivity contribution >= 4 is 17.6 Å². The van der Waals surface area contributed by atoms with E-state index in [0.29, 0.717) is 12.2 Å². The molecule has 128 valence electrons. The SMILES string of the molecule is O=C(O)Cn1nccc1C(=O)Nc1cnn(Cc2cccc(F)c2)c1. The quantitative estimate of drug-likeness (QED) is 0.708. The minimum atomic E-state index is -1.10. The molecule has 1 amide bonds. The molecule has 8 nitrogen and oxygen atoms in total. The number of anilines is 1. The van der Waals surface area contributed by atoms with E-state index in [9.17, 15) is 14.0 Å². The first-order valence-corrected chi connectivity index (χ1v) is 7.33. The van der Waals surface area contributed by atoms with E-state index in [1.54, 1.807) is 23.0 Å². The molecule has 2 N–H and O–H groups in total. The highest BCUT2D eigenvalue weighted by molar-refractivity contribution is 6.03. The molecule has 0 bridgehead atoms. The lowest BCUT2D eigenvalue weighted by Gasteiger charge is -2.05. The summed E-state index contributed by atoms with van der Waals surface area (Å²) in [7, 11) is 0. The number of carbonyl (C=O) groups excluding carboxylic acids is 1. The maximum atomic E-state index is 13.2. The number of hydrogen-bond acceptors (Lipinski definition) is 4. The number of rotatable bonds is 6. The zero-order chi connectivity index (χ0) is 17.8. The van der Waals surface area contributed by atoms with Gasteiger partial charge >= 0.3 is 5.97 Å². The third-order valence-electron chi connectivity index (χ3n) is 3.36. The van der Waals surface area contributed by atoms with Crippen LogP contribution in [0.2, 0.25) is 0 Å². The van der Waals surface area contributed by atoms with Gasteiger partial charge < -0.3 is 10.4 Å². The van der Waals surface area contributed by atoms with Crippen molar-refractivity contribution in [3.8, 4) is 0 Å². The summed E-state index contributed by atoms with van der Waals surface area (Å²) >= 11 is 0. The van der Waals surface area contributed by atoms with E-state index >= 15 is 0 Å². The lowest BCUT2D eigenvalue weighted by molar-refractivity contribution is -0.137. The minimum Gasteiger partial charge on any atom is -0.480 e. The van der Waals surface area contributed by atoms with Crippen LogP contribution in [0.5, 0.6) is 0 Å². The van der Waals surface area contributed by atoms with Crippen LogP contribution < -0.4 is 5.32 Å². The topological polar surface area (TPSA) is 102 Å². The van der Waals surface area contributed by atoms with Crippen LogP contribution in [0.3, 0.4) is 0 Å². The average molecular weight is 343 g/mol. The summed E-state index contributed by atoms with van der Waals surface area (Å²) in [5.74, 6) is -1.92. The first-order chi connectivity index (χ1) is 12.0. The van der Waals surface area contributed by atoms with E-state index in [0.717, 1.165) is 10.2 Å². The predicted molar refractivity (Wildman–Crippen MR) is 85.5 cm³/mol. The van der Waals surface area contributed by atoms with Crippen LogP contribution >= 0.6 is 0 Å². The molecule has 1 aromatic carbocycles. The number of hydrogen-bond donors (Lipinski definition) is 2. The zero-order valence-electron chi connectivity index (χ0n) is 13.0. The number of benzene rings is 1. The van der Waals surface area contributed by atoms with Gasteiger partial charge in [0.2, 0.25) is 0 Å². The summed E-state index contributed by atoms with van der Waals surface area (Å²) in [4.78, 5) is 23.0. The van der Waals surface area contributed by atoms with E-state index in [-0.39, 0.29) is 11.5 Å². The molecular formula is C16H14FN5O3. The molecule has 0 unspecified atom stereocenters. The van der Waals surface area contributed by atoms with Crippen LogP contribution in [0.25, 0.3) is 0 Å². The molecular weight excluding hydrogens is 329 g/mol. The standard InChI is InChI=1S/C16H14FN5O3/c17-12-3-1-2-11(6-12)8-21-9-13(7-19-21)20-16(25)14-4-5-18-22(14)10-15(23)24/h1-7,9H,8,10H2,(H,20,25)(H,23,24). The Morgan fingerprint density at radius 3 is 2.84 bits per heavy atom. The lowest BCUT2D eigenvalue weighted by atomic mass is 10.2. The molecule has 0 spiro atoms. The van der Waals surface area contributed by atoms with Gasteiger partial charge in [-0.25, -0.2) is 9.07 Å². The first-order valence-electron chi connectivity index (χ1n) is 7.33. The zero-order valence-corrected chi connectivity index (χ0v) is 13.0. The molecule has 0 saturated heterocycles. The number of carbonyl (C=O) groups is 2. The van der Waals surface area contributed by atoms with Gasteiger partial charge in [0.25, 0.3) is 5.91 Å². The number of aromatic nitrogens is 4. The molecule has 25 heavy (non-hydrogen) atoms. The van der Waals surface area contributed by atoms with E-state index in [1.807, 2.05) is 0 Å². The highest BCUT2D eigenvalue weighted by Gasteiger charge is 2.15. The van der Waals surface area contributed by atoms with E-state index in [4.69, 9.17) is 5.11 Å². The third-order valence-corrected chi connectivity index (χ3v) is 3.36. The Labute approximate surface area is 141 Å². The number of carboxylic acids is 1. The van der Waals surface area contributed by atoms with Gasteiger partial charge in [0.15, 0.2) is 0 Å². The van der Waals surface area contributed by atoms with Crippen molar-refractivity contribution in [3.63, 3.8) is 0 Å². The van der Waals surface area contributed by atoms with Crippen LogP contribution in [-0.2, 0) is 17.9 Å². The Morgan fingerprint density at radius 1 is 1.24 bits per heavy atom. The Morgan fingerprint density at radius 2 is 2.08 bits per heavy atom. The third kappa shape index (κ3) is 4.08. The smallest absolute Gasteiger partial charge is 0.325 e. The highest BCUT2D eigenvalue weighted by atomic mass is 19.1. The van der Waals surface area contributed by atoms with Gasteiger partial charge in [-0.3, -0.25) is 14.3 Å². The largest absolute Gasteiger partial charge is 0.480 e. The van der Waals surface area contributed by atoms with Crippen molar-refractivity contribution in [1.82, 2.24) is 19.6 Å². The Kier molecular flexibility index (Phi) is 4.55. The number of carboxylic acid groups (broad SMARTS) is 1. The monoisotopic (exact) mass is 343 g/mol. The number of nitrogens with one attached hydrogen (secondary N) is 1. The van der Waals surface area contributed by atoms with Gasteiger partial charge in [-0.05, 0) is 23.8 Å². The summed E-state index contributed by atoms with van der Waals surface area (Å²) in [5, 5.41) is 19.4. The summed E-state index contributed by atoms with van der Waals surface area (Å²) in [6.45, 7) is -0.0564. The fourth-order valence-electron chi connectivity index (χ4n) is 2.31. The molecule has 0 atom stereocenters. The second kappa shape index (κ2) is 6.95. The maximum absolute atomic E-state index is 13.2. The molecule has 3 aromatic rings. The maximum Gasteiger partial charge on any atom is 0.325 e. The minimum absolute atomic E-state index is 0.125. The second-order valence-corrected chi connectivity index (χ2v) is 5.28. The van der Waals surface area contributed by atoms with Gasteiger partial charge in [0, 0.05) is 12.4 Å². The Bertz CT molecular complexity index is 918. The van der Waals surface area contributed by atoms with Crippen molar-refractivity contribution < 1.29 is 19.1 Å². The average Bonchev–Trinajstić information content (AvgIpc) is 3.16. The number of amides is 1. The van der Waals surface area contributed by atoms with Crippen LogP contribution in [0, 0.1) is 5.82 Å². The van der Waals surface area contributed by atoms with E-state index in [1.165, 1.54) is 30.6 Å². The van der Waals surface area contributed by atoms with Gasteiger partial charge in [0.1, 0.15) is 18.1 Å². The van der Waals surface area contributed by atoms with Gasteiger partial charge in [-0.15, -0.1) is 0 Å². The molecule has 0 aliphatic rings. The Hall–Kier alpha value is -3.49. The second-order valence-electron chi connectivity index (χ2n) is 5.28. The molecule has 2 aromatic heterocycles. The summed E-state index contributed by atoms with van der Waals surface area (Å²) in [6, 6.07) is 7.58.